The number of rotatable bonds is 5. The van der Waals surface area contributed by atoms with E-state index in [-0.39, 0.29) is 39.3 Å². The molecule has 33 heavy (non-hydrogen) atoms. The van der Waals surface area contributed by atoms with Gasteiger partial charge in [0.1, 0.15) is 11.9 Å². The van der Waals surface area contributed by atoms with Gasteiger partial charge in [-0.25, -0.2) is 0 Å². The number of fused-ring (bicyclic) bond motifs is 5. The fraction of sp³-hybridized carbons (Fsp3) is 0.867. The molecule has 186 valence electrons. The van der Waals surface area contributed by atoms with Gasteiger partial charge in [0.05, 0.1) is 0 Å². The van der Waals surface area contributed by atoms with Gasteiger partial charge in [-0.15, -0.1) is 0 Å². The van der Waals surface area contributed by atoms with Crippen LogP contribution in [-0.2, 0) is 9.59 Å². The molecule has 0 heterocycles. The van der Waals surface area contributed by atoms with E-state index in [4.69, 9.17) is 0 Å². The highest BCUT2D eigenvalue weighted by Crippen LogP contribution is 2.73. The predicted octanol–water partition coefficient (Wildman–Crippen LogP) is 6.77. The lowest BCUT2D eigenvalue weighted by atomic mass is 9.41. The van der Waals surface area contributed by atoms with E-state index >= 15 is 0 Å². The molecule has 8 atom stereocenters. The van der Waals surface area contributed by atoms with E-state index in [9.17, 15) is 14.7 Å². The quantitative estimate of drug-likeness (QED) is 0.464. The fourth-order valence-corrected chi connectivity index (χ4v) is 9.43. The van der Waals surface area contributed by atoms with Crippen LogP contribution in [-0.4, -0.2) is 22.8 Å². The maximum absolute atomic E-state index is 12.8. The topological polar surface area (TPSA) is 54.4 Å². The van der Waals surface area contributed by atoms with Crippen molar-refractivity contribution in [3.05, 3.63) is 11.6 Å². The average molecular weight is 457 g/mol. The van der Waals surface area contributed by atoms with E-state index in [0.717, 1.165) is 38.5 Å². The van der Waals surface area contributed by atoms with Crippen LogP contribution < -0.4 is 0 Å². The first-order chi connectivity index (χ1) is 15.2. The summed E-state index contributed by atoms with van der Waals surface area (Å²) in [6.07, 6.45) is 9.50. The largest absolute Gasteiger partial charge is 0.385 e. The van der Waals surface area contributed by atoms with Crippen molar-refractivity contribution in [2.45, 2.75) is 113 Å². The second kappa shape index (κ2) is 8.04. The summed E-state index contributed by atoms with van der Waals surface area (Å²) in [7, 11) is 0. The molecule has 4 aliphatic rings. The molecule has 3 heteroatoms. The van der Waals surface area contributed by atoms with Crippen molar-refractivity contribution in [1.82, 2.24) is 0 Å². The normalized spacial score (nSPS) is 43.9. The van der Waals surface area contributed by atoms with Gasteiger partial charge < -0.3 is 5.11 Å². The Morgan fingerprint density at radius 3 is 2.36 bits per heavy atom. The summed E-state index contributed by atoms with van der Waals surface area (Å²) in [6, 6.07) is 0. The zero-order valence-electron chi connectivity index (χ0n) is 22.5. The Morgan fingerprint density at radius 1 is 1.06 bits per heavy atom. The SMILES string of the molecule is CC(C)CC(=O)[C@@H](O)[C@H](C)[C@@H]1CC[C@]2(C)C3=CC[C@H]4C(C)(C)C(=O)CC[C@]4(C)[C@H]3CC[C@@]12C. The molecule has 0 aromatic rings. The van der Waals surface area contributed by atoms with E-state index in [1.54, 1.807) is 5.57 Å². The summed E-state index contributed by atoms with van der Waals surface area (Å²) in [5, 5.41) is 11.0. The Hall–Kier alpha value is -0.960. The molecular formula is C30H48O3. The number of allylic oxidation sites excluding steroid dienone is 2. The van der Waals surface area contributed by atoms with Crippen molar-refractivity contribution in [1.29, 1.82) is 0 Å². The van der Waals surface area contributed by atoms with Crippen LogP contribution in [0.4, 0.5) is 0 Å². The summed E-state index contributed by atoms with van der Waals surface area (Å²) < 4.78 is 0. The van der Waals surface area contributed by atoms with Crippen LogP contribution >= 0.6 is 0 Å². The third kappa shape index (κ3) is 3.46. The van der Waals surface area contributed by atoms with Gasteiger partial charge in [0.15, 0.2) is 5.78 Å². The first-order valence-corrected chi connectivity index (χ1v) is 13.6. The Kier molecular flexibility index (Phi) is 6.12. The molecular weight excluding hydrogens is 408 g/mol. The van der Waals surface area contributed by atoms with Crippen LogP contribution in [0.25, 0.3) is 0 Å². The van der Waals surface area contributed by atoms with Crippen molar-refractivity contribution in [2.75, 3.05) is 0 Å². The Balaban J connectivity index is 1.65. The second-order valence-corrected chi connectivity index (χ2v) is 14.0. The minimum atomic E-state index is -0.846. The minimum Gasteiger partial charge on any atom is -0.385 e. The molecule has 0 aromatic carbocycles. The van der Waals surface area contributed by atoms with Crippen molar-refractivity contribution in [3.8, 4) is 0 Å². The number of aliphatic hydroxyl groups excluding tert-OH is 1. The monoisotopic (exact) mass is 456 g/mol. The van der Waals surface area contributed by atoms with Gasteiger partial charge in [0.25, 0.3) is 0 Å². The van der Waals surface area contributed by atoms with E-state index in [0.29, 0.717) is 30.0 Å². The minimum absolute atomic E-state index is 0.00149. The van der Waals surface area contributed by atoms with Gasteiger partial charge in [-0.1, -0.05) is 67.0 Å². The number of hydrogen-bond donors (Lipinski definition) is 1. The van der Waals surface area contributed by atoms with Crippen molar-refractivity contribution in [2.24, 2.45) is 51.2 Å². The van der Waals surface area contributed by atoms with Gasteiger partial charge in [-0.3, -0.25) is 9.59 Å². The number of carbonyl (C=O) groups is 2. The number of carbonyl (C=O) groups excluding carboxylic acids is 2. The molecule has 0 aliphatic heterocycles. The lowest BCUT2D eigenvalue weighted by Gasteiger charge is -2.63. The molecule has 4 aliphatic carbocycles. The highest BCUT2D eigenvalue weighted by atomic mass is 16.3. The lowest BCUT2D eigenvalue weighted by Crippen LogP contribution is -2.57. The zero-order chi connectivity index (χ0) is 24.6. The molecule has 0 unspecified atom stereocenters. The molecule has 0 amide bonds. The van der Waals surface area contributed by atoms with Crippen LogP contribution in [0.5, 0.6) is 0 Å². The van der Waals surface area contributed by atoms with Gasteiger partial charge in [0.2, 0.25) is 0 Å². The van der Waals surface area contributed by atoms with Crippen LogP contribution in [0.15, 0.2) is 11.6 Å². The maximum Gasteiger partial charge on any atom is 0.161 e. The average Bonchev–Trinajstić information content (AvgIpc) is 3.01. The number of aliphatic hydroxyl groups is 1. The summed E-state index contributed by atoms with van der Waals surface area (Å²) in [6.45, 7) is 18.0. The van der Waals surface area contributed by atoms with E-state index in [1.807, 2.05) is 13.8 Å². The second-order valence-electron chi connectivity index (χ2n) is 14.0. The molecule has 1 N–H and O–H groups in total. The lowest BCUT2D eigenvalue weighted by molar-refractivity contribution is -0.146. The first kappa shape index (κ1) is 25.1. The summed E-state index contributed by atoms with van der Waals surface area (Å²) in [4.78, 5) is 25.5. The van der Waals surface area contributed by atoms with Gasteiger partial charge in [-0.05, 0) is 84.4 Å². The fourth-order valence-electron chi connectivity index (χ4n) is 9.43. The third-order valence-corrected chi connectivity index (χ3v) is 11.7. The Morgan fingerprint density at radius 2 is 1.73 bits per heavy atom. The van der Waals surface area contributed by atoms with Crippen molar-refractivity contribution in [3.63, 3.8) is 0 Å². The van der Waals surface area contributed by atoms with Gasteiger partial charge in [0, 0.05) is 18.3 Å². The summed E-state index contributed by atoms with van der Waals surface area (Å²) in [5.74, 6) is 2.10. The van der Waals surface area contributed by atoms with Crippen molar-refractivity contribution < 1.29 is 14.7 Å². The number of Topliss-reactive ketones (excluding diaryl/α,β-unsaturated/α-hetero) is 2. The molecule has 3 fully saturated rings. The molecule has 0 bridgehead atoms. The third-order valence-electron chi connectivity index (χ3n) is 11.7. The molecule has 0 saturated heterocycles. The van der Waals surface area contributed by atoms with Crippen LogP contribution in [0, 0.1) is 51.2 Å². The van der Waals surface area contributed by atoms with Gasteiger partial charge >= 0.3 is 0 Å². The Labute approximate surface area is 202 Å². The molecule has 0 aromatic heterocycles. The summed E-state index contributed by atoms with van der Waals surface area (Å²) >= 11 is 0. The summed E-state index contributed by atoms with van der Waals surface area (Å²) in [5.41, 5.74) is 1.84. The highest BCUT2D eigenvalue weighted by Gasteiger charge is 2.65. The van der Waals surface area contributed by atoms with E-state index in [1.165, 1.54) is 6.42 Å². The molecule has 0 spiro atoms. The molecule has 3 nitrogen and oxygen atoms in total. The molecule has 3 saturated carbocycles. The van der Waals surface area contributed by atoms with Gasteiger partial charge in [-0.2, -0.15) is 0 Å². The van der Waals surface area contributed by atoms with Crippen LogP contribution in [0.2, 0.25) is 0 Å². The predicted molar refractivity (Wildman–Crippen MR) is 134 cm³/mol. The standard InChI is InChI=1S/C30H48O3/c1-18(2)17-23(31)26(33)19(3)20-11-15-30(8)22-9-10-24-27(4,5)25(32)13-14-28(24,6)21(22)12-16-29(20,30)7/h9,18-21,24,26,33H,10-17H2,1-8H3/t19-,20+,21+,24+,26+,28-,29+,30-/m1/s1. The molecule has 4 rings (SSSR count). The zero-order valence-corrected chi connectivity index (χ0v) is 22.5. The number of ketones is 2. The first-order valence-electron chi connectivity index (χ1n) is 13.6. The van der Waals surface area contributed by atoms with Crippen molar-refractivity contribution >= 4 is 11.6 Å². The van der Waals surface area contributed by atoms with E-state index < -0.39 is 6.10 Å². The maximum atomic E-state index is 12.8. The van der Waals surface area contributed by atoms with Crippen LogP contribution in [0.3, 0.4) is 0 Å². The highest BCUT2D eigenvalue weighted by molar-refractivity contribution is 5.85. The van der Waals surface area contributed by atoms with Crippen LogP contribution in [0.1, 0.15) is 107 Å². The molecule has 0 radical (unpaired) electrons. The van der Waals surface area contributed by atoms with E-state index in [2.05, 4.69) is 47.6 Å². The Bertz CT molecular complexity index is 853. The number of hydrogen-bond acceptors (Lipinski definition) is 3. The smallest absolute Gasteiger partial charge is 0.161 e.